The van der Waals surface area contributed by atoms with E-state index < -0.39 is 6.29 Å². The van der Waals surface area contributed by atoms with Crippen molar-refractivity contribution in [2.24, 2.45) is 0 Å². The average molecular weight is 441 g/mol. The first-order valence-electron chi connectivity index (χ1n) is 11.3. The topological polar surface area (TPSA) is 91.3 Å². The fourth-order valence-corrected chi connectivity index (χ4v) is 4.60. The number of nitrogens with zero attached hydrogens (tertiary/aromatic N) is 1. The third-order valence-corrected chi connectivity index (χ3v) is 6.24. The Kier molecular flexibility index (Phi) is 7.55. The van der Waals surface area contributed by atoms with E-state index >= 15 is 0 Å². The molecule has 0 radical (unpaired) electrons. The maximum absolute atomic E-state index is 11.5. The van der Waals surface area contributed by atoms with Gasteiger partial charge in [-0.05, 0) is 42.6 Å². The number of amides is 1. The van der Waals surface area contributed by atoms with Crippen molar-refractivity contribution >= 4 is 11.6 Å². The number of hydrogen-bond donors (Lipinski definition) is 3. The SMILES string of the molecule is CC(=O)Nc1cccc(C2OC(CN3CCCC3CO)CC(c3ccc(CO)cc3)O2)c1. The highest BCUT2D eigenvalue weighted by Gasteiger charge is 2.35. The molecule has 2 aliphatic heterocycles. The van der Waals surface area contributed by atoms with Crippen molar-refractivity contribution in [3.63, 3.8) is 0 Å². The zero-order valence-corrected chi connectivity index (χ0v) is 18.4. The fraction of sp³-hybridized carbons (Fsp3) is 0.480. The lowest BCUT2D eigenvalue weighted by atomic mass is 9.99. The van der Waals surface area contributed by atoms with Crippen LogP contribution in [0.25, 0.3) is 0 Å². The molecule has 2 aliphatic rings. The summed E-state index contributed by atoms with van der Waals surface area (Å²) in [7, 11) is 0. The van der Waals surface area contributed by atoms with Crippen LogP contribution in [-0.4, -0.2) is 52.9 Å². The summed E-state index contributed by atoms with van der Waals surface area (Å²) in [4.78, 5) is 13.8. The lowest BCUT2D eigenvalue weighted by Gasteiger charge is -2.38. The first kappa shape index (κ1) is 22.9. The van der Waals surface area contributed by atoms with Gasteiger partial charge in [0.15, 0.2) is 6.29 Å². The predicted molar refractivity (Wildman–Crippen MR) is 121 cm³/mol. The Balaban J connectivity index is 1.56. The first-order valence-corrected chi connectivity index (χ1v) is 11.3. The summed E-state index contributed by atoms with van der Waals surface area (Å²) in [5.41, 5.74) is 3.45. The molecule has 0 saturated carbocycles. The molecular formula is C25H32N2O5. The van der Waals surface area contributed by atoms with Crippen molar-refractivity contribution < 1.29 is 24.5 Å². The summed E-state index contributed by atoms with van der Waals surface area (Å²) in [5.74, 6) is -0.128. The van der Waals surface area contributed by atoms with Crippen molar-refractivity contribution in [3.05, 3.63) is 65.2 Å². The van der Waals surface area contributed by atoms with Crippen LogP contribution < -0.4 is 5.32 Å². The number of carbonyl (C=O) groups excluding carboxylic acids is 1. The van der Waals surface area contributed by atoms with Gasteiger partial charge in [0.1, 0.15) is 0 Å². The number of carbonyl (C=O) groups is 1. The second kappa shape index (κ2) is 10.6. The summed E-state index contributed by atoms with van der Waals surface area (Å²) in [6.45, 7) is 3.35. The van der Waals surface area contributed by atoms with Crippen LogP contribution in [-0.2, 0) is 20.9 Å². The summed E-state index contributed by atoms with van der Waals surface area (Å²) in [6.07, 6.45) is 2.00. The molecule has 32 heavy (non-hydrogen) atoms. The highest BCUT2D eigenvalue weighted by Crippen LogP contribution is 2.39. The number of ether oxygens (including phenoxy) is 2. The molecule has 7 nitrogen and oxygen atoms in total. The fourth-order valence-electron chi connectivity index (χ4n) is 4.60. The smallest absolute Gasteiger partial charge is 0.221 e. The number of aliphatic hydroxyl groups excluding tert-OH is 2. The lowest BCUT2D eigenvalue weighted by Crippen LogP contribution is -2.42. The molecule has 4 rings (SSSR count). The maximum Gasteiger partial charge on any atom is 0.221 e. The van der Waals surface area contributed by atoms with E-state index in [9.17, 15) is 15.0 Å². The largest absolute Gasteiger partial charge is 0.395 e. The van der Waals surface area contributed by atoms with Crippen molar-refractivity contribution in [1.29, 1.82) is 0 Å². The molecule has 0 bridgehead atoms. The molecule has 2 heterocycles. The van der Waals surface area contributed by atoms with Gasteiger partial charge in [-0.3, -0.25) is 9.69 Å². The number of nitrogens with one attached hydrogen (secondary N) is 1. The average Bonchev–Trinajstić information content (AvgIpc) is 3.25. The monoisotopic (exact) mass is 440 g/mol. The van der Waals surface area contributed by atoms with Crippen LogP contribution in [0.5, 0.6) is 0 Å². The van der Waals surface area contributed by atoms with Crippen molar-refractivity contribution in [2.45, 2.75) is 57.3 Å². The highest BCUT2D eigenvalue weighted by atomic mass is 16.7. The van der Waals surface area contributed by atoms with Gasteiger partial charge in [0.05, 0.1) is 25.4 Å². The van der Waals surface area contributed by atoms with Crippen LogP contribution in [0.4, 0.5) is 5.69 Å². The molecule has 2 fully saturated rings. The molecule has 1 amide bonds. The minimum absolute atomic E-state index is 0.00755. The van der Waals surface area contributed by atoms with E-state index in [0.29, 0.717) is 12.1 Å². The van der Waals surface area contributed by atoms with Crippen LogP contribution in [0.1, 0.15) is 55.3 Å². The Morgan fingerprint density at radius 1 is 1.12 bits per heavy atom. The van der Waals surface area contributed by atoms with E-state index in [1.54, 1.807) is 0 Å². The molecule has 0 spiro atoms. The molecule has 4 atom stereocenters. The summed E-state index contributed by atoms with van der Waals surface area (Å²) in [6, 6.07) is 15.5. The summed E-state index contributed by atoms with van der Waals surface area (Å²) < 4.78 is 12.8. The van der Waals surface area contributed by atoms with Gasteiger partial charge in [0, 0.05) is 37.2 Å². The van der Waals surface area contributed by atoms with Gasteiger partial charge in [-0.15, -0.1) is 0 Å². The van der Waals surface area contributed by atoms with E-state index in [0.717, 1.165) is 42.6 Å². The number of hydrogen-bond acceptors (Lipinski definition) is 6. The molecule has 4 unspecified atom stereocenters. The third-order valence-electron chi connectivity index (χ3n) is 6.24. The Labute approximate surface area is 189 Å². The minimum atomic E-state index is -0.569. The summed E-state index contributed by atoms with van der Waals surface area (Å²) in [5, 5.41) is 21.9. The van der Waals surface area contributed by atoms with Gasteiger partial charge >= 0.3 is 0 Å². The number of benzene rings is 2. The lowest BCUT2D eigenvalue weighted by molar-refractivity contribution is -0.253. The van der Waals surface area contributed by atoms with Crippen molar-refractivity contribution in [1.82, 2.24) is 4.90 Å². The molecule has 0 aliphatic carbocycles. The van der Waals surface area contributed by atoms with E-state index in [1.807, 2.05) is 48.5 Å². The molecule has 3 N–H and O–H groups in total. The second-order valence-corrected chi connectivity index (χ2v) is 8.63. The Hall–Kier alpha value is -2.29. The van der Waals surface area contributed by atoms with Gasteiger partial charge < -0.3 is 25.0 Å². The standard InChI is InChI=1S/C25H32N2O5/c1-17(30)26-21-5-2-4-20(12-21)25-31-23(14-27-11-3-6-22(27)16-29)13-24(32-25)19-9-7-18(15-28)8-10-19/h2,4-5,7-10,12,22-25,28-29H,3,6,11,13-16H2,1H3,(H,26,30). The molecular weight excluding hydrogens is 408 g/mol. The van der Waals surface area contributed by atoms with E-state index in [4.69, 9.17) is 9.47 Å². The van der Waals surface area contributed by atoms with Crippen LogP contribution in [0.2, 0.25) is 0 Å². The zero-order chi connectivity index (χ0) is 22.5. The van der Waals surface area contributed by atoms with Crippen LogP contribution in [0.15, 0.2) is 48.5 Å². The van der Waals surface area contributed by atoms with Gasteiger partial charge in [0.25, 0.3) is 0 Å². The normalized spacial score (nSPS) is 26.2. The van der Waals surface area contributed by atoms with Crippen molar-refractivity contribution in [2.75, 3.05) is 25.0 Å². The molecule has 2 saturated heterocycles. The highest BCUT2D eigenvalue weighted by molar-refractivity contribution is 5.88. The molecule has 7 heteroatoms. The van der Waals surface area contributed by atoms with Gasteiger partial charge in [-0.1, -0.05) is 36.4 Å². The van der Waals surface area contributed by atoms with E-state index in [1.165, 1.54) is 6.92 Å². The van der Waals surface area contributed by atoms with Crippen LogP contribution in [0, 0.1) is 0 Å². The van der Waals surface area contributed by atoms with Crippen LogP contribution in [0.3, 0.4) is 0 Å². The van der Waals surface area contributed by atoms with Gasteiger partial charge in [-0.25, -0.2) is 0 Å². The molecule has 2 aromatic rings. The molecule has 172 valence electrons. The first-order chi connectivity index (χ1) is 15.6. The minimum Gasteiger partial charge on any atom is -0.395 e. The number of likely N-dealkylation sites (tertiary alicyclic amines) is 1. The van der Waals surface area contributed by atoms with E-state index in [-0.39, 0.29) is 37.4 Å². The van der Waals surface area contributed by atoms with Gasteiger partial charge in [0.2, 0.25) is 5.91 Å². The predicted octanol–water partition coefficient (Wildman–Crippen LogP) is 3.14. The quantitative estimate of drug-likeness (QED) is 0.613. The van der Waals surface area contributed by atoms with Gasteiger partial charge in [-0.2, -0.15) is 0 Å². The Bertz CT molecular complexity index is 903. The van der Waals surface area contributed by atoms with Crippen LogP contribution >= 0.6 is 0 Å². The molecule has 0 aromatic heterocycles. The Morgan fingerprint density at radius 3 is 2.66 bits per heavy atom. The zero-order valence-electron chi connectivity index (χ0n) is 18.4. The maximum atomic E-state index is 11.5. The Morgan fingerprint density at radius 2 is 1.94 bits per heavy atom. The van der Waals surface area contributed by atoms with E-state index in [2.05, 4.69) is 10.2 Å². The number of aliphatic hydroxyl groups is 2. The molecule has 2 aromatic carbocycles. The second-order valence-electron chi connectivity index (χ2n) is 8.63. The number of anilines is 1. The third kappa shape index (κ3) is 5.54. The number of rotatable bonds is 7. The van der Waals surface area contributed by atoms with Crippen molar-refractivity contribution in [3.8, 4) is 0 Å². The summed E-state index contributed by atoms with van der Waals surface area (Å²) >= 11 is 0.